The molecule has 1 N–H and O–H groups in total. The van der Waals surface area contributed by atoms with Crippen LogP contribution in [0.25, 0.3) is 0 Å². The number of anilines is 1. The molecule has 3 aromatic carbocycles. The van der Waals surface area contributed by atoms with E-state index in [1.54, 1.807) is 50.2 Å². The number of amides is 2. The molecule has 0 saturated carbocycles. The van der Waals surface area contributed by atoms with Crippen molar-refractivity contribution in [2.45, 2.75) is 64.6 Å². The van der Waals surface area contributed by atoms with E-state index in [-0.39, 0.29) is 23.4 Å². The van der Waals surface area contributed by atoms with E-state index in [0.29, 0.717) is 11.3 Å². The Hall–Kier alpha value is -3.65. The summed E-state index contributed by atoms with van der Waals surface area (Å²) in [6.45, 7) is 9.05. The number of nitrogens with zero attached hydrogens (tertiary/aromatic N) is 2. The fourth-order valence-electron chi connectivity index (χ4n) is 4.01. The summed E-state index contributed by atoms with van der Waals surface area (Å²) in [6, 6.07) is 22.0. The second-order valence-electron chi connectivity index (χ2n) is 9.61. The third kappa shape index (κ3) is 7.01. The SMILES string of the molecule is CC[C@H](C)NC(=O)[C@H](C)N(Cc1ccc(C)cc1)C(=O)CN(c1ccccc1C)S(=O)(=O)c1ccccc1. The van der Waals surface area contributed by atoms with Crippen LogP contribution in [0, 0.1) is 13.8 Å². The topological polar surface area (TPSA) is 86.8 Å². The highest BCUT2D eigenvalue weighted by molar-refractivity contribution is 7.92. The average molecular weight is 536 g/mol. The molecular formula is C30H37N3O4S. The molecule has 0 heterocycles. The van der Waals surface area contributed by atoms with Gasteiger partial charge in [-0.25, -0.2) is 8.42 Å². The molecule has 0 aromatic heterocycles. The van der Waals surface area contributed by atoms with Crippen LogP contribution in [0.2, 0.25) is 0 Å². The maximum absolute atomic E-state index is 13.9. The maximum Gasteiger partial charge on any atom is 0.264 e. The van der Waals surface area contributed by atoms with Crippen LogP contribution in [0.15, 0.2) is 83.8 Å². The van der Waals surface area contributed by atoms with E-state index in [4.69, 9.17) is 0 Å². The molecule has 0 saturated heterocycles. The molecule has 0 fully saturated rings. The number of carbonyl (C=O) groups excluding carboxylic acids is 2. The van der Waals surface area contributed by atoms with E-state index in [1.165, 1.54) is 17.0 Å². The van der Waals surface area contributed by atoms with Gasteiger partial charge in [0.05, 0.1) is 10.6 Å². The molecule has 8 heteroatoms. The summed E-state index contributed by atoms with van der Waals surface area (Å²) in [5, 5.41) is 2.95. The van der Waals surface area contributed by atoms with Crippen molar-refractivity contribution < 1.29 is 18.0 Å². The predicted molar refractivity (Wildman–Crippen MR) is 151 cm³/mol. The van der Waals surface area contributed by atoms with Gasteiger partial charge >= 0.3 is 0 Å². The first-order valence-electron chi connectivity index (χ1n) is 12.8. The Kier molecular flexibility index (Phi) is 9.69. The van der Waals surface area contributed by atoms with Crippen LogP contribution in [-0.2, 0) is 26.2 Å². The summed E-state index contributed by atoms with van der Waals surface area (Å²) in [7, 11) is -4.07. The molecule has 38 heavy (non-hydrogen) atoms. The second kappa shape index (κ2) is 12.7. The van der Waals surface area contributed by atoms with Crippen LogP contribution in [0.1, 0.15) is 43.9 Å². The van der Waals surface area contributed by atoms with E-state index < -0.39 is 28.5 Å². The van der Waals surface area contributed by atoms with Crippen LogP contribution < -0.4 is 9.62 Å². The standard InChI is InChI=1S/C30H37N3O4S/c1-6-24(4)31-30(35)25(5)32(20-26-18-16-22(2)17-19-26)29(34)21-33(28-15-11-10-12-23(28)3)38(36,37)27-13-8-7-9-14-27/h7-19,24-25H,6,20-21H2,1-5H3,(H,31,35)/t24-,25-/m0/s1. The van der Waals surface area contributed by atoms with Crippen LogP contribution in [-0.4, -0.2) is 43.8 Å². The highest BCUT2D eigenvalue weighted by Crippen LogP contribution is 2.27. The number of sulfonamides is 1. The molecule has 0 spiro atoms. The fourth-order valence-corrected chi connectivity index (χ4v) is 5.51. The second-order valence-corrected chi connectivity index (χ2v) is 11.5. The zero-order valence-electron chi connectivity index (χ0n) is 22.7. The number of rotatable bonds is 11. The number of hydrogen-bond donors (Lipinski definition) is 1. The van der Waals surface area contributed by atoms with Crippen molar-refractivity contribution in [2.24, 2.45) is 0 Å². The summed E-state index contributed by atoms with van der Waals surface area (Å²) in [6.07, 6.45) is 0.751. The van der Waals surface area contributed by atoms with E-state index in [9.17, 15) is 18.0 Å². The van der Waals surface area contributed by atoms with Gasteiger partial charge in [0.2, 0.25) is 11.8 Å². The van der Waals surface area contributed by atoms with Gasteiger partial charge in [0.25, 0.3) is 10.0 Å². The summed E-state index contributed by atoms with van der Waals surface area (Å²) >= 11 is 0. The van der Waals surface area contributed by atoms with Crippen molar-refractivity contribution in [2.75, 3.05) is 10.8 Å². The zero-order chi connectivity index (χ0) is 27.9. The Balaban J connectivity index is 2.02. The van der Waals surface area contributed by atoms with E-state index in [0.717, 1.165) is 21.9 Å². The van der Waals surface area contributed by atoms with Crippen LogP contribution in [0.3, 0.4) is 0 Å². The summed E-state index contributed by atoms with van der Waals surface area (Å²) < 4.78 is 28.7. The lowest BCUT2D eigenvalue weighted by molar-refractivity contribution is -0.139. The summed E-state index contributed by atoms with van der Waals surface area (Å²) in [4.78, 5) is 28.6. The summed E-state index contributed by atoms with van der Waals surface area (Å²) in [5.41, 5.74) is 3.05. The van der Waals surface area contributed by atoms with Crippen LogP contribution in [0.4, 0.5) is 5.69 Å². The molecule has 0 radical (unpaired) electrons. The molecule has 202 valence electrons. The third-order valence-electron chi connectivity index (χ3n) is 6.64. The van der Waals surface area contributed by atoms with Crippen molar-refractivity contribution >= 4 is 27.5 Å². The first-order valence-corrected chi connectivity index (χ1v) is 14.3. The van der Waals surface area contributed by atoms with Gasteiger partial charge in [-0.15, -0.1) is 0 Å². The fraction of sp³-hybridized carbons (Fsp3) is 0.333. The van der Waals surface area contributed by atoms with Gasteiger partial charge in [-0.1, -0.05) is 73.2 Å². The number of benzene rings is 3. The number of nitrogens with one attached hydrogen (secondary N) is 1. The molecule has 7 nitrogen and oxygen atoms in total. The van der Waals surface area contributed by atoms with Gasteiger partial charge in [0, 0.05) is 12.6 Å². The smallest absolute Gasteiger partial charge is 0.264 e. The van der Waals surface area contributed by atoms with E-state index >= 15 is 0 Å². The van der Waals surface area contributed by atoms with Crippen molar-refractivity contribution in [1.29, 1.82) is 0 Å². The lowest BCUT2D eigenvalue weighted by Crippen LogP contribution is -2.52. The summed E-state index contributed by atoms with van der Waals surface area (Å²) in [5.74, 6) is -0.756. The first kappa shape index (κ1) is 28.9. The van der Waals surface area contributed by atoms with Crippen LogP contribution in [0.5, 0.6) is 0 Å². The highest BCUT2D eigenvalue weighted by atomic mass is 32.2. The van der Waals surface area contributed by atoms with Gasteiger partial charge in [-0.2, -0.15) is 0 Å². The highest BCUT2D eigenvalue weighted by Gasteiger charge is 2.33. The molecule has 2 amide bonds. The molecular weight excluding hydrogens is 498 g/mol. The molecule has 0 unspecified atom stereocenters. The minimum absolute atomic E-state index is 0.0526. The monoisotopic (exact) mass is 535 g/mol. The molecule has 3 aromatic rings. The quantitative estimate of drug-likeness (QED) is 0.381. The molecule has 0 aliphatic carbocycles. The zero-order valence-corrected chi connectivity index (χ0v) is 23.5. The first-order chi connectivity index (χ1) is 18.0. The minimum Gasteiger partial charge on any atom is -0.352 e. The Morgan fingerprint density at radius 1 is 0.868 bits per heavy atom. The normalized spacial score (nSPS) is 12.9. The Bertz CT molecular complexity index is 1340. The van der Waals surface area contributed by atoms with Gasteiger partial charge in [-0.3, -0.25) is 13.9 Å². The lowest BCUT2D eigenvalue weighted by atomic mass is 10.1. The third-order valence-corrected chi connectivity index (χ3v) is 8.41. The largest absolute Gasteiger partial charge is 0.352 e. The molecule has 2 atom stereocenters. The van der Waals surface area contributed by atoms with Gasteiger partial charge in [-0.05, 0) is 63.4 Å². The van der Waals surface area contributed by atoms with E-state index in [2.05, 4.69) is 5.32 Å². The van der Waals surface area contributed by atoms with Gasteiger partial charge in [0.15, 0.2) is 0 Å². The average Bonchev–Trinajstić information content (AvgIpc) is 2.91. The van der Waals surface area contributed by atoms with Gasteiger partial charge in [0.1, 0.15) is 12.6 Å². The molecule has 3 rings (SSSR count). The predicted octanol–water partition coefficient (Wildman–Crippen LogP) is 4.83. The van der Waals surface area contributed by atoms with Crippen molar-refractivity contribution in [1.82, 2.24) is 10.2 Å². The molecule has 0 aliphatic rings. The van der Waals surface area contributed by atoms with Gasteiger partial charge < -0.3 is 10.2 Å². The van der Waals surface area contributed by atoms with Crippen LogP contribution >= 0.6 is 0 Å². The molecule has 0 bridgehead atoms. The minimum atomic E-state index is -4.07. The number of para-hydroxylation sites is 1. The maximum atomic E-state index is 13.9. The van der Waals surface area contributed by atoms with Crippen molar-refractivity contribution in [3.63, 3.8) is 0 Å². The van der Waals surface area contributed by atoms with Crippen molar-refractivity contribution in [3.8, 4) is 0 Å². The lowest BCUT2D eigenvalue weighted by Gasteiger charge is -2.33. The number of aryl methyl sites for hydroxylation is 2. The van der Waals surface area contributed by atoms with E-state index in [1.807, 2.05) is 51.1 Å². The Morgan fingerprint density at radius 2 is 1.47 bits per heavy atom. The Morgan fingerprint density at radius 3 is 2.08 bits per heavy atom. The number of carbonyl (C=O) groups is 2. The molecule has 0 aliphatic heterocycles. The number of hydrogen-bond acceptors (Lipinski definition) is 4. The van der Waals surface area contributed by atoms with Crippen molar-refractivity contribution in [3.05, 3.63) is 95.6 Å². The Labute approximate surface area is 226 Å².